The molecule has 120 valence electrons. The summed E-state index contributed by atoms with van der Waals surface area (Å²) in [4.78, 5) is 14.4. The minimum absolute atomic E-state index is 0.0777. The number of morpholine rings is 1. The van der Waals surface area contributed by atoms with Gasteiger partial charge in [-0.1, -0.05) is 33.2 Å². The predicted molar refractivity (Wildman–Crippen MR) is 87.2 cm³/mol. The molecule has 1 saturated heterocycles. The number of hydrogen-bond donors (Lipinski definition) is 0. The Bertz CT molecular complexity index is 709. The maximum Gasteiger partial charge on any atom is 0.276 e. The minimum Gasteiger partial charge on any atom is -0.370 e. The Hall–Kier alpha value is -1.66. The molecule has 1 saturated carbocycles. The molecule has 2 aromatic rings. The largest absolute Gasteiger partial charge is 0.370 e. The summed E-state index contributed by atoms with van der Waals surface area (Å²) in [5.74, 6) is 1.22. The number of hydrogen-bond acceptors (Lipinski definition) is 4. The van der Waals surface area contributed by atoms with Crippen molar-refractivity contribution in [2.75, 3.05) is 19.7 Å². The molecule has 1 aliphatic heterocycles. The van der Waals surface area contributed by atoms with E-state index in [4.69, 9.17) is 9.26 Å². The highest BCUT2D eigenvalue weighted by Crippen LogP contribution is 2.40. The lowest BCUT2D eigenvalue weighted by molar-refractivity contribution is -0.0231. The second kappa shape index (κ2) is 6.09. The molecule has 4 rings (SSSR count). The number of nitrogens with zero attached hydrogens (tertiary/aromatic N) is 2. The number of halogens is 1. The molecule has 0 spiro atoms. The second-order valence-corrected chi connectivity index (χ2v) is 6.97. The van der Waals surface area contributed by atoms with Crippen LogP contribution in [0, 0.1) is 0 Å². The Morgan fingerprint density at radius 3 is 2.78 bits per heavy atom. The van der Waals surface area contributed by atoms with E-state index in [-0.39, 0.29) is 12.0 Å². The fourth-order valence-electron chi connectivity index (χ4n) is 2.83. The first kappa shape index (κ1) is 14.9. The van der Waals surface area contributed by atoms with Crippen molar-refractivity contribution in [2.24, 2.45) is 0 Å². The number of carbonyl (C=O) groups is 1. The van der Waals surface area contributed by atoms with Crippen LogP contribution in [0.15, 0.2) is 39.3 Å². The van der Waals surface area contributed by atoms with Crippen molar-refractivity contribution in [1.29, 1.82) is 0 Å². The number of carbonyl (C=O) groups excluding carboxylic acids is 1. The Balaban J connectivity index is 1.47. The van der Waals surface area contributed by atoms with Crippen molar-refractivity contribution in [1.82, 2.24) is 10.1 Å². The highest BCUT2D eigenvalue weighted by molar-refractivity contribution is 9.10. The predicted octanol–water partition coefficient (Wildman–Crippen LogP) is 3.53. The quantitative estimate of drug-likeness (QED) is 0.821. The maximum atomic E-state index is 12.6. The van der Waals surface area contributed by atoms with Gasteiger partial charge in [-0.25, -0.2) is 0 Å². The molecular weight excluding hydrogens is 360 g/mol. The monoisotopic (exact) mass is 376 g/mol. The average Bonchev–Trinajstić information content (AvgIpc) is 3.32. The average molecular weight is 377 g/mol. The molecule has 1 amide bonds. The van der Waals surface area contributed by atoms with Crippen LogP contribution < -0.4 is 0 Å². The lowest BCUT2D eigenvalue weighted by Gasteiger charge is -2.32. The van der Waals surface area contributed by atoms with Gasteiger partial charge in [0.1, 0.15) is 11.9 Å². The van der Waals surface area contributed by atoms with Crippen LogP contribution in [0.4, 0.5) is 0 Å². The topological polar surface area (TPSA) is 55.6 Å². The summed E-state index contributed by atoms with van der Waals surface area (Å²) in [5, 5.41) is 3.95. The fourth-order valence-corrected chi connectivity index (χ4v) is 3.09. The summed E-state index contributed by atoms with van der Waals surface area (Å²) in [6.07, 6.45) is 2.16. The van der Waals surface area contributed by atoms with Crippen LogP contribution >= 0.6 is 15.9 Å². The number of benzene rings is 1. The van der Waals surface area contributed by atoms with E-state index in [0.29, 0.717) is 31.3 Å². The molecule has 23 heavy (non-hydrogen) atoms. The van der Waals surface area contributed by atoms with Gasteiger partial charge in [0.05, 0.1) is 13.2 Å². The summed E-state index contributed by atoms with van der Waals surface area (Å²) in [6, 6.07) is 9.80. The molecule has 1 aliphatic carbocycles. The van der Waals surface area contributed by atoms with Crippen molar-refractivity contribution in [2.45, 2.75) is 24.9 Å². The number of amides is 1. The molecule has 0 bridgehead atoms. The lowest BCUT2D eigenvalue weighted by atomic mass is 10.1. The van der Waals surface area contributed by atoms with E-state index in [1.54, 1.807) is 11.0 Å². The second-order valence-electron chi connectivity index (χ2n) is 6.05. The zero-order chi connectivity index (χ0) is 15.8. The molecule has 2 fully saturated rings. The van der Waals surface area contributed by atoms with Crippen molar-refractivity contribution in [3.63, 3.8) is 0 Å². The molecule has 1 aromatic heterocycles. The Kier molecular flexibility index (Phi) is 3.95. The molecule has 2 heterocycles. The lowest BCUT2D eigenvalue weighted by Crippen LogP contribution is -2.42. The molecule has 5 nitrogen and oxygen atoms in total. The zero-order valence-corrected chi connectivity index (χ0v) is 14.2. The molecule has 0 N–H and O–H groups in total. The van der Waals surface area contributed by atoms with E-state index < -0.39 is 0 Å². The van der Waals surface area contributed by atoms with Gasteiger partial charge in [-0.05, 0) is 30.5 Å². The Morgan fingerprint density at radius 2 is 2.04 bits per heavy atom. The van der Waals surface area contributed by atoms with Gasteiger partial charge in [-0.2, -0.15) is 0 Å². The molecular formula is C17H17BrN2O3. The normalized spacial score (nSPS) is 21.4. The van der Waals surface area contributed by atoms with E-state index in [2.05, 4.69) is 21.1 Å². The highest BCUT2D eigenvalue weighted by Gasteiger charge is 2.31. The molecule has 6 heteroatoms. The van der Waals surface area contributed by atoms with Gasteiger partial charge in [-0.3, -0.25) is 4.79 Å². The van der Waals surface area contributed by atoms with Gasteiger partial charge in [-0.15, -0.1) is 0 Å². The summed E-state index contributed by atoms with van der Waals surface area (Å²) in [6.45, 7) is 1.64. The van der Waals surface area contributed by atoms with E-state index >= 15 is 0 Å². The third-order valence-electron chi connectivity index (χ3n) is 4.32. The highest BCUT2D eigenvalue weighted by atomic mass is 79.9. The summed E-state index contributed by atoms with van der Waals surface area (Å²) >= 11 is 3.43. The molecule has 1 atom stereocenters. The first-order valence-corrected chi connectivity index (χ1v) is 8.63. The maximum absolute atomic E-state index is 12.6. The van der Waals surface area contributed by atoms with Crippen LogP contribution in [0.2, 0.25) is 0 Å². The van der Waals surface area contributed by atoms with Gasteiger partial charge in [0.15, 0.2) is 5.69 Å². The first-order valence-electron chi connectivity index (χ1n) is 7.83. The van der Waals surface area contributed by atoms with Crippen LogP contribution in [0.5, 0.6) is 0 Å². The molecule has 1 unspecified atom stereocenters. The summed E-state index contributed by atoms with van der Waals surface area (Å²) in [7, 11) is 0. The summed E-state index contributed by atoms with van der Waals surface area (Å²) in [5.41, 5.74) is 1.48. The standard InChI is InChI=1S/C17H17BrN2O3/c18-13-5-3-12(4-6-13)16-10-20(7-8-22-16)17(21)14-9-15(23-19-14)11-1-2-11/h3-6,9,11,16H,1-2,7-8,10H2. The van der Waals surface area contributed by atoms with Crippen LogP contribution in [0.3, 0.4) is 0 Å². The smallest absolute Gasteiger partial charge is 0.276 e. The van der Waals surface area contributed by atoms with Gasteiger partial charge in [0, 0.05) is 23.0 Å². The third kappa shape index (κ3) is 3.19. The van der Waals surface area contributed by atoms with Crippen LogP contribution in [-0.4, -0.2) is 35.7 Å². The van der Waals surface area contributed by atoms with Crippen LogP contribution in [0.1, 0.15) is 46.7 Å². The van der Waals surface area contributed by atoms with E-state index in [1.807, 2.05) is 24.3 Å². The molecule has 1 aromatic carbocycles. The number of aromatic nitrogens is 1. The first-order chi connectivity index (χ1) is 11.2. The third-order valence-corrected chi connectivity index (χ3v) is 4.85. The molecule has 2 aliphatic rings. The van der Waals surface area contributed by atoms with Crippen LogP contribution in [0.25, 0.3) is 0 Å². The van der Waals surface area contributed by atoms with Crippen molar-refractivity contribution < 1.29 is 14.1 Å². The van der Waals surface area contributed by atoms with E-state index in [0.717, 1.165) is 28.6 Å². The van der Waals surface area contributed by atoms with Crippen molar-refractivity contribution >= 4 is 21.8 Å². The zero-order valence-electron chi connectivity index (χ0n) is 12.6. The van der Waals surface area contributed by atoms with Gasteiger partial charge in [0.2, 0.25) is 0 Å². The van der Waals surface area contributed by atoms with Gasteiger partial charge in [0.25, 0.3) is 5.91 Å². The fraction of sp³-hybridized carbons (Fsp3) is 0.412. The Labute approximate surface area is 142 Å². The van der Waals surface area contributed by atoms with Crippen molar-refractivity contribution in [3.05, 3.63) is 51.8 Å². The number of rotatable bonds is 3. The summed E-state index contributed by atoms with van der Waals surface area (Å²) < 4.78 is 12.1. The Morgan fingerprint density at radius 1 is 1.26 bits per heavy atom. The van der Waals surface area contributed by atoms with E-state index in [9.17, 15) is 4.79 Å². The van der Waals surface area contributed by atoms with E-state index in [1.165, 1.54) is 0 Å². The van der Waals surface area contributed by atoms with Gasteiger partial charge >= 0.3 is 0 Å². The number of ether oxygens (including phenoxy) is 1. The van der Waals surface area contributed by atoms with Crippen LogP contribution in [-0.2, 0) is 4.74 Å². The van der Waals surface area contributed by atoms with Gasteiger partial charge < -0.3 is 14.2 Å². The van der Waals surface area contributed by atoms with Crippen molar-refractivity contribution in [3.8, 4) is 0 Å². The minimum atomic E-state index is -0.101. The molecule has 0 radical (unpaired) electrons. The SMILES string of the molecule is O=C(c1cc(C2CC2)on1)N1CCOC(c2ccc(Br)cc2)C1.